The summed E-state index contributed by atoms with van der Waals surface area (Å²) in [5.74, 6) is -1.64. The molecule has 0 spiro atoms. The summed E-state index contributed by atoms with van der Waals surface area (Å²) in [5, 5.41) is 7.86. The fourth-order valence-corrected chi connectivity index (χ4v) is 4.47. The lowest BCUT2D eigenvalue weighted by Crippen LogP contribution is -2.50. The highest BCUT2D eigenvalue weighted by molar-refractivity contribution is 6.30. The van der Waals surface area contributed by atoms with Gasteiger partial charge in [0.1, 0.15) is 11.3 Å². The molecule has 0 saturated heterocycles. The highest BCUT2D eigenvalue weighted by Gasteiger charge is 2.64. The van der Waals surface area contributed by atoms with Gasteiger partial charge in [-0.25, -0.2) is 0 Å². The first kappa shape index (κ1) is 28.5. The number of hydrogen-bond donors (Lipinski definition) is 2. The molecule has 1 aliphatic carbocycles. The SMILES string of the molecule is COc1cc(Cl)cc(C2(C(F)(F)F)CC(c3ccc(C(=O)NCC(=O)NC4(C(F)(F)F)CC4)c(C)c3)=NO2)c1. The van der Waals surface area contributed by atoms with Gasteiger partial charge in [-0.3, -0.25) is 9.59 Å². The van der Waals surface area contributed by atoms with Crippen molar-refractivity contribution in [2.45, 2.75) is 49.7 Å². The quantitative estimate of drug-likeness (QED) is 0.444. The molecule has 4 rings (SSSR count). The number of aryl methyl sites for hydroxylation is 1. The third kappa shape index (κ3) is 5.49. The second-order valence-corrected chi connectivity index (χ2v) is 9.79. The molecule has 2 amide bonds. The fourth-order valence-electron chi connectivity index (χ4n) is 4.24. The maximum atomic E-state index is 14.3. The monoisotopic (exact) mass is 577 g/mol. The number of halogens is 7. The van der Waals surface area contributed by atoms with Gasteiger partial charge in [-0.2, -0.15) is 26.3 Å². The molecular weight excluding hydrogens is 556 g/mol. The molecule has 2 N–H and O–H groups in total. The van der Waals surface area contributed by atoms with Gasteiger partial charge in [0.25, 0.3) is 11.5 Å². The highest BCUT2D eigenvalue weighted by Crippen LogP contribution is 2.50. The van der Waals surface area contributed by atoms with Crippen molar-refractivity contribution in [3.8, 4) is 5.75 Å². The number of amides is 2. The lowest BCUT2D eigenvalue weighted by Gasteiger charge is -2.29. The highest BCUT2D eigenvalue weighted by atomic mass is 35.5. The van der Waals surface area contributed by atoms with Gasteiger partial charge in [-0.1, -0.05) is 22.8 Å². The van der Waals surface area contributed by atoms with Crippen molar-refractivity contribution in [3.05, 3.63) is 63.7 Å². The van der Waals surface area contributed by atoms with E-state index in [1.54, 1.807) is 0 Å². The lowest BCUT2D eigenvalue weighted by atomic mass is 9.86. The molecule has 0 radical (unpaired) electrons. The Bertz CT molecular complexity index is 1340. The Labute approximate surface area is 223 Å². The standard InChI is InChI=1S/C25H22ClF6N3O4/c1-13-7-14(3-4-18(13)21(37)33-12-20(36)34-22(5-6-22)24(27,28)29)19-11-23(39-35-19,25(30,31)32)15-8-16(26)10-17(9-15)38-2/h3-4,7-10H,5-6,11-12H2,1-2H3,(H,33,37)(H,34,36). The summed E-state index contributed by atoms with van der Waals surface area (Å²) in [6, 6.07) is 7.72. The normalized spacial score (nSPS) is 20.1. The molecule has 39 heavy (non-hydrogen) atoms. The Hall–Kier alpha value is -3.48. The molecule has 0 bridgehead atoms. The number of carbonyl (C=O) groups is 2. The number of ether oxygens (including phenoxy) is 1. The first-order chi connectivity index (χ1) is 18.1. The number of carbonyl (C=O) groups excluding carboxylic acids is 2. The van der Waals surface area contributed by atoms with Crippen LogP contribution in [-0.2, 0) is 15.2 Å². The fraction of sp³-hybridized carbons (Fsp3) is 0.400. The van der Waals surface area contributed by atoms with E-state index in [-0.39, 0.29) is 46.0 Å². The van der Waals surface area contributed by atoms with Crippen LogP contribution in [0.3, 0.4) is 0 Å². The minimum Gasteiger partial charge on any atom is -0.497 e. The van der Waals surface area contributed by atoms with Crippen LogP contribution in [-0.4, -0.2) is 49.1 Å². The summed E-state index contributed by atoms with van der Waals surface area (Å²) in [7, 11) is 1.28. The second kappa shape index (κ2) is 9.92. The van der Waals surface area contributed by atoms with Crippen molar-refractivity contribution < 1.29 is 45.5 Å². The number of rotatable bonds is 7. The number of nitrogens with zero attached hydrogens (tertiary/aromatic N) is 1. The number of alkyl halides is 6. The minimum absolute atomic E-state index is 0.00984. The van der Waals surface area contributed by atoms with Gasteiger partial charge in [0.05, 0.1) is 19.4 Å². The van der Waals surface area contributed by atoms with E-state index in [1.165, 1.54) is 38.3 Å². The zero-order valence-electron chi connectivity index (χ0n) is 20.5. The Morgan fingerprint density at radius 1 is 1.08 bits per heavy atom. The molecule has 2 aromatic carbocycles. The Morgan fingerprint density at radius 3 is 2.33 bits per heavy atom. The van der Waals surface area contributed by atoms with Crippen molar-refractivity contribution in [1.29, 1.82) is 0 Å². The zero-order valence-corrected chi connectivity index (χ0v) is 21.3. The third-order valence-electron chi connectivity index (χ3n) is 6.64. The average molecular weight is 578 g/mol. The molecule has 1 aliphatic heterocycles. The Balaban J connectivity index is 1.47. The van der Waals surface area contributed by atoms with Crippen LogP contribution < -0.4 is 15.4 Å². The molecule has 0 aromatic heterocycles. The third-order valence-corrected chi connectivity index (χ3v) is 6.86. The van der Waals surface area contributed by atoms with E-state index in [9.17, 15) is 35.9 Å². The van der Waals surface area contributed by atoms with Gasteiger partial charge in [-0.05, 0) is 61.2 Å². The smallest absolute Gasteiger partial charge is 0.435 e. The molecule has 1 atom stereocenters. The summed E-state index contributed by atoms with van der Waals surface area (Å²) in [6.45, 7) is 0.826. The molecule has 1 unspecified atom stereocenters. The molecule has 14 heteroatoms. The van der Waals surface area contributed by atoms with Gasteiger partial charge in [0, 0.05) is 22.6 Å². The van der Waals surface area contributed by atoms with Crippen molar-refractivity contribution >= 4 is 29.1 Å². The van der Waals surface area contributed by atoms with E-state index in [0.29, 0.717) is 5.56 Å². The van der Waals surface area contributed by atoms with E-state index in [4.69, 9.17) is 21.2 Å². The van der Waals surface area contributed by atoms with Crippen molar-refractivity contribution in [3.63, 3.8) is 0 Å². The van der Waals surface area contributed by atoms with E-state index in [2.05, 4.69) is 10.5 Å². The first-order valence-corrected chi connectivity index (χ1v) is 11.9. The van der Waals surface area contributed by atoms with E-state index in [0.717, 1.165) is 12.1 Å². The van der Waals surface area contributed by atoms with Gasteiger partial charge < -0.3 is 20.2 Å². The van der Waals surface area contributed by atoms with Crippen LogP contribution >= 0.6 is 11.6 Å². The molecule has 210 valence electrons. The molecule has 1 fully saturated rings. The number of benzene rings is 2. The first-order valence-electron chi connectivity index (χ1n) is 11.5. The van der Waals surface area contributed by atoms with Gasteiger partial charge in [0.15, 0.2) is 0 Å². The predicted octanol–water partition coefficient (Wildman–Crippen LogP) is 5.18. The van der Waals surface area contributed by atoms with E-state index < -0.39 is 48.3 Å². The van der Waals surface area contributed by atoms with Crippen molar-refractivity contribution in [2.24, 2.45) is 5.16 Å². The number of hydrogen-bond acceptors (Lipinski definition) is 5. The van der Waals surface area contributed by atoms with Crippen LogP contribution in [0.4, 0.5) is 26.3 Å². The minimum atomic E-state index is -4.88. The maximum absolute atomic E-state index is 14.3. The van der Waals surface area contributed by atoms with E-state index in [1.807, 2.05) is 5.32 Å². The molecule has 1 saturated carbocycles. The molecule has 7 nitrogen and oxygen atoms in total. The van der Waals surface area contributed by atoms with Gasteiger partial charge >= 0.3 is 12.4 Å². The number of nitrogens with one attached hydrogen (secondary N) is 2. The number of methoxy groups -OCH3 is 1. The van der Waals surface area contributed by atoms with Crippen molar-refractivity contribution in [2.75, 3.05) is 13.7 Å². The molecular formula is C25H22ClF6N3O4. The van der Waals surface area contributed by atoms with Crippen LogP contribution in [0.25, 0.3) is 0 Å². The van der Waals surface area contributed by atoms with Crippen LogP contribution in [0.5, 0.6) is 5.75 Å². The molecule has 2 aliphatic rings. The van der Waals surface area contributed by atoms with E-state index >= 15 is 0 Å². The summed E-state index contributed by atoms with van der Waals surface area (Å²) < 4.78 is 86.9. The van der Waals surface area contributed by atoms with Gasteiger partial charge in [0.2, 0.25) is 5.91 Å². The average Bonchev–Trinajstić information content (AvgIpc) is 3.48. The van der Waals surface area contributed by atoms with Crippen molar-refractivity contribution in [1.82, 2.24) is 10.6 Å². The zero-order chi connectivity index (χ0) is 28.8. The van der Waals surface area contributed by atoms with Gasteiger partial charge in [-0.15, -0.1) is 0 Å². The summed E-state index contributed by atoms with van der Waals surface area (Å²) in [6.07, 6.45) is -10.6. The second-order valence-electron chi connectivity index (χ2n) is 9.35. The summed E-state index contributed by atoms with van der Waals surface area (Å²) in [5.41, 5.74) is -4.76. The Morgan fingerprint density at radius 2 is 1.77 bits per heavy atom. The predicted molar refractivity (Wildman–Crippen MR) is 128 cm³/mol. The molecule has 1 heterocycles. The largest absolute Gasteiger partial charge is 0.497 e. The van der Waals surface area contributed by atoms with Crippen LogP contribution in [0.2, 0.25) is 5.02 Å². The molecule has 2 aromatic rings. The Kier molecular flexibility index (Phi) is 7.26. The van der Waals surface area contributed by atoms with Crippen LogP contribution in [0, 0.1) is 6.92 Å². The van der Waals surface area contributed by atoms with Crippen LogP contribution in [0.1, 0.15) is 46.3 Å². The summed E-state index contributed by atoms with van der Waals surface area (Å²) in [4.78, 5) is 29.5. The maximum Gasteiger partial charge on any atom is 0.435 e. The lowest BCUT2D eigenvalue weighted by molar-refractivity contribution is -0.275. The topological polar surface area (TPSA) is 89.0 Å². The summed E-state index contributed by atoms with van der Waals surface area (Å²) >= 11 is 5.99. The van der Waals surface area contributed by atoms with Crippen LogP contribution in [0.15, 0.2) is 41.6 Å². The number of oxime groups is 1.